The van der Waals surface area contributed by atoms with Crippen molar-refractivity contribution in [1.82, 2.24) is 4.90 Å². The first-order valence-electron chi connectivity index (χ1n) is 7.75. The highest BCUT2D eigenvalue weighted by Crippen LogP contribution is 2.33. The average molecular weight is 276 g/mol. The van der Waals surface area contributed by atoms with Crippen LogP contribution in [-0.4, -0.2) is 22.9 Å². The highest BCUT2D eigenvalue weighted by atomic mass is 16.3. The van der Waals surface area contributed by atoms with Crippen molar-refractivity contribution in [3.05, 3.63) is 23.7 Å². The van der Waals surface area contributed by atoms with Crippen LogP contribution in [0.25, 0.3) is 0 Å². The lowest BCUT2D eigenvalue weighted by Crippen LogP contribution is -2.40. The van der Waals surface area contributed by atoms with Gasteiger partial charge in [-0.2, -0.15) is 0 Å². The molecule has 0 bridgehead atoms. The average Bonchev–Trinajstić information content (AvgIpc) is 3.19. The number of amides is 1. The number of rotatable bonds is 4. The molecule has 1 aromatic heterocycles. The van der Waals surface area contributed by atoms with E-state index in [1.54, 1.807) is 0 Å². The minimum absolute atomic E-state index is 0.173. The van der Waals surface area contributed by atoms with E-state index in [4.69, 9.17) is 10.2 Å². The summed E-state index contributed by atoms with van der Waals surface area (Å²) in [6.45, 7) is 2.56. The van der Waals surface area contributed by atoms with Crippen LogP contribution in [0.15, 0.2) is 16.5 Å². The molecular weight excluding hydrogens is 252 g/mol. The summed E-state index contributed by atoms with van der Waals surface area (Å²) in [4.78, 5) is 14.8. The number of carbonyl (C=O) groups excluding carboxylic acids is 1. The highest BCUT2D eigenvalue weighted by molar-refractivity contribution is 5.79. The number of hydrogen-bond acceptors (Lipinski definition) is 3. The Balaban J connectivity index is 1.65. The molecule has 0 saturated heterocycles. The predicted molar refractivity (Wildman–Crippen MR) is 77.0 cm³/mol. The Labute approximate surface area is 120 Å². The van der Waals surface area contributed by atoms with Gasteiger partial charge in [0.05, 0.1) is 6.54 Å². The van der Waals surface area contributed by atoms with Gasteiger partial charge in [0.15, 0.2) is 0 Å². The van der Waals surface area contributed by atoms with Gasteiger partial charge in [0.25, 0.3) is 0 Å². The molecule has 2 fully saturated rings. The van der Waals surface area contributed by atoms with Crippen LogP contribution >= 0.6 is 0 Å². The second-order valence-electron chi connectivity index (χ2n) is 6.32. The van der Waals surface area contributed by atoms with Gasteiger partial charge in [-0.1, -0.05) is 0 Å². The molecule has 1 aromatic rings. The Bertz CT molecular complexity index is 471. The molecule has 2 N–H and O–H groups in total. The van der Waals surface area contributed by atoms with E-state index in [2.05, 4.69) is 0 Å². The third-order valence-corrected chi connectivity index (χ3v) is 4.51. The van der Waals surface area contributed by atoms with Gasteiger partial charge in [-0.3, -0.25) is 4.79 Å². The van der Waals surface area contributed by atoms with Crippen LogP contribution in [0.4, 0.5) is 0 Å². The number of aryl methyl sites for hydroxylation is 1. The molecule has 0 unspecified atom stereocenters. The number of nitrogens with two attached hydrogens (primary N) is 1. The van der Waals surface area contributed by atoms with Gasteiger partial charge in [0, 0.05) is 18.0 Å². The molecule has 20 heavy (non-hydrogen) atoms. The van der Waals surface area contributed by atoms with Gasteiger partial charge in [-0.25, -0.2) is 0 Å². The van der Waals surface area contributed by atoms with Crippen molar-refractivity contribution in [2.24, 2.45) is 11.7 Å². The van der Waals surface area contributed by atoms with Crippen LogP contribution in [0.3, 0.4) is 0 Å². The molecule has 0 spiro atoms. The Kier molecular flexibility index (Phi) is 3.83. The minimum Gasteiger partial charge on any atom is -0.464 e. The number of furan rings is 1. The predicted octanol–water partition coefficient (Wildman–Crippen LogP) is 2.60. The smallest absolute Gasteiger partial charge is 0.226 e. The quantitative estimate of drug-likeness (QED) is 0.919. The Hall–Kier alpha value is -1.29. The lowest BCUT2D eigenvalue weighted by molar-refractivity contribution is -0.138. The summed E-state index contributed by atoms with van der Waals surface area (Å²) in [5, 5.41) is 0. The maximum absolute atomic E-state index is 12.7. The van der Waals surface area contributed by atoms with E-state index >= 15 is 0 Å². The Morgan fingerprint density at radius 2 is 1.95 bits per heavy atom. The van der Waals surface area contributed by atoms with Gasteiger partial charge in [-0.05, 0) is 57.6 Å². The van der Waals surface area contributed by atoms with Crippen LogP contribution in [0, 0.1) is 12.8 Å². The minimum atomic E-state index is 0.173. The molecule has 0 aromatic carbocycles. The van der Waals surface area contributed by atoms with Crippen LogP contribution < -0.4 is 5.73 Å². The maximum atomic E-state index is 12.7. The number of nitrogens with zero attached hydrogens (tertiary/aromatic N) is 1. The van der Waals surface area contributed by atoms with Gasteiger partial charge in [0.1, 0.15) is 11.5 Å². The summed E-state index contributed by atoms with van der Waals surface area (Å²) in [6, 6.07) is 4.67. The topological polar surface area (TPSA) is 59.5 Å². The van der Waals surface area contributed by atoms with Gasteiger partial charge < -0.3 is 15.1 Å². The van der Waals surface area contributed by atoms with E-state index in [-0.39, 0.29) is 5.92 Å². The highest BCUT2D eigenvalue weighted by Gasteiger charge is 2.37. The summed E-state index contributed by atoms with van der Waals surface area (Å²) < 4.78 is 5.63. The monoisotopic (exact) mass is 276 g/mol. The molecule has 0 atom stereocenters. The summed E-state index contributed by atoms with van der Waals surface area (Å²) in [7, 11) is 0. The van der Waals surface area contributed by atoms with Crippen molar-refractivity contribution in [2.75, 3.05) is 0 Å². The zero-order chi connectivity index (χ0) is 14.1. The zero-order valence-corrected chi connectivity index (χ0v) is 12.2. The molecule has 2 saturated carbocycles. The summed E-state index contributed by atoms with van der Waals surface area (Å²) in [6.07, 6.45) is 6.12. The number of hydrogen-bond donors (Lipinski definition) is 1. The van der Waals surface area contributed by atoms with Crippen molar-refractivity contribution in [1.29, 1.82) is 0 Å². The van der Waals surface area contributed by atoms with E-state index < -0.39 is 0 Å². The van der Waals surface area contributed by atoms with Crippen LogP contribution in [-0.2, 0) is 11.3 Å². The first-order valence-corrected chi connectivity index (χ1v) is 7.75. The van der Waals surface area contributed by atoms with Gasteiger partial charge in [-0.15, -0.1) is 0 Å². The third-order valence-electron chi connectivity index (χ3n) is 4.51. The van der Waals surface area contributed by atoms with E-state index in [1.807, 2.05) is 24.0 Å². The molecule has 110 valence electrons. The van der Waals surface area contributed by atoms with E-state index in [9.17, 15) is 4.79 Å². The molecule has 4 nitrogen and oxygen atoms in total. The molecule has 0 radical (unpaired) electrons. The van der Waals surface area contributed by atoms with Crippen LogP contribution in [0.2, 0.25) is 0 Å². The second kappa shape index (κ2) is 5.60. The Morgan fingerprint density at radius 3 is 2.50 bits per heavy atom. The van der Waals surface area contributed by atoms with Crippen molar-refractivity contribution < 1.29 is 9.21 Å². The largest absolute Gasteiger partial charge is 0.464 e. The number of carbonyl (C=O) groups is 1. The van der Waals surface area contributed by atoms with E-state index in [1.165, 1.54) is 0 Å². The normalized spacial score (nSPS) is 26.5. The first-order chi connectivity index (χ1) is 9.63. The maximum Gasteiger partial charge on any atom is 0.226 e. The van der Waals surface area contributed by atoms with Crippen molar-refractivity contribution >= 4 is 5.91 Å². The molecule has 3 rings (SSSR count). The standard InChI is InChI=1S/C16H24N2O2/c1-11-2-9-15(20-11)10-18(14-7-8-14)16(19)12-3-5-13(17)6-4-12/h2,9,12-14H,3-8,10,17H2,1H3. The molecule has 1 heterocycles. The lowest BCUT2D eigenvalue weighted by atomic mass is 9.85. The molecule has 1 amide bonds. The lowest BCUT2D eigenvalue weighted by Gasteiger charge is -2.30. The molecule has 2 aliphatic carbocycles. The molecular formula is C16H24N2O2. The fourth-order valence-electron chi connectivity index (χ4n) is 3.11. The van der Waals surface area contributed by atoms with Gasteiger partial charge in [0.2, 0.25) is 5.91 Å². The first kappa shape index (κ1) is 13.7. The van der Waals surface area contributed by atoms with Crippen molar-refractivity contribution in [2.45, 2.75) is 64.1 Å². The molecule has 0 aliphatic heterocycles. The van der Waals surface area contributed by atoms with Crippen LogP contribution in [0.1, 0.15) is 50.0 Å². The third kappa shape index (κ3) is 3.06. The summed E-state index contributed by atoms with van der Waals surface area (Å²) in [5.74, 6) is 2.29. The molecule has 4 heteroatoms. The Morgan fingerprint density at radius 1 is 1.25 bits per heavy atom. The van der Waals surface area contributed by atoms with E-state index in [0.717, 1.165) is 50.0 Å². The fourth-order valence-corrected chi connectivity index (χ4v) is 3.11. The fraction of sp³-hybridized carbons (Fsp3) is 0.688. The second-order valence-corrected chi connectivity index (χ2v) is 6.32. The molecule has 2 aliphatic rings. The summed E-state index contributed by atoms with van der Waals surface area (Å²) in [5.41, 5.74) is 5.93. The van der Waals surface area contributed by atoms with Crippen molar-refractivity contribution in [3.8, 4) is 0 Å². The SMILES string of the molecule is Cc1ccc(CN(C(=O)C2CCC(N)CC2)C2CC2)o1. The van der Waals surface area contributed by atoms with E-state index in [0.29, 0.717) is 24.5 Å². The van der Waals surface area contributed by atoms with Gasteiger partial charge >= 0.3 is 0 Å². The van der Waals surface area contributed by atoms with Crippen LogP contribution in [0.5, 0.6) is 0 Å². The summed E-state index contributed by atoms with van der Waals surface area (Å²) >= 11 is 0. The zero-order valence-electron chi connectivity index (χ0n) is 12.2. The van der Waals surface area contributed by atoms with Crippen molar-refractivity contribution in [3.63, 3.8) is 0 Å².